The van der Waals surface area contributed by atoms with Crippen LogP contribution in [0.2, 0.25) is 0 Å². The first kappa shape index (κ1) is 8.28. The van der Waals surface area contributed by atoms with E-state index >= 15 is 0 Å². The third-order valence-corrected chi connectivity index (χ3v) is 2.09. The summed E-state index contributed by atoms with van der Waals surface area (Å²) in [6, 6.07) is 4.16. The molecule has 1 aromatic carbocycles. The molecule has 0 spiro atoms. The molecule has 0 unspecified atom stereocenters. The molecule has 0 radical (unpaired) electrons. The van der Waals surface area contributed by atoms with Crippen molar-refractivity contribution in [3.05, 3.63) is 34.4 Å². The summed E-state index contributed by atoms with van der Waals surface area (Å²) in [5, 5.41) is 8.97. The lowest BCUT2D eigenvalue weighted by Crippen LogP contribution is -1.92. The zero-order chi connectivity index (χ0) is 8.43. The van der Waals surface area contributed by atoms with Crippen LogP contribution in [0.4, 0.5) is 0 Å². The van der Waals surface area contributed by atoms with Crippen LogP contribution in [0.25, 0.3) is 0 Å². The molecule has 1 rings (SSSR count). The number of aliphatic hydroxyl groups is 1. The van der Waals surface area contributed by atoms with E-state index in [-0.39, 0.29) is 6.61 Å². The Labute approximate surface area is 67.7 Å². The van der Waals surface area contributed by atoms with Gasteiger partial charge in [-0.05, 0) is 37.5 Å². The predicted molar refractivity (Wildman–Crippen MR) is 46.6 cm³/mol. The first-order valence-corrected chi connectivity index (χ1v) is 3.82. The molecule has 0 atom stereocenters. The van der Waals surface area contributed by atoms with E-state index in [1.807, 2.05) is 19.9 Å². The number of rotatable bonds is 1. The van der Waals surface area contributed by atoms with E-state index < -0.39 is 0 Å². The first-order chi connectivity index (χ1) is 5.15. The van der Waals surface area contributed by atoms with Gasteiger partial charge in [-0.1, -0.05) is 17.7 Å². The van der Waals surface area contributed by atoms with Gasteiger partial charge in [-0.25, -0.2) is 0 Å². The van der Waals surface area contributed by atoms with Crippen LogP contribution in [-0.4, -0.2) is 5.11 Å². The highest BCUT2D eigenvalue weighted by Crippen LogP contribution is 2.15. The number of benzene rings is 1. The Hall–Kier alpha value is -0.820. The van der Waals surface area contributed by atoms with Crippen LogP contribution in [0.15, 0.2) is 12.1 Å². The predicted octanol–water partition coefficient (Wildman–Crippen LogP) is 2.10. The van der Waals surface area contributed by atoms with Crippen molar-refractivity contribution < 1.29 is 5.11 Å². The van der Waals surface area contributed by atoms with Gasteiger partial charge in [-0.2, -0.15) is 0 Å². The summed E-state index contributed by atoms with van der Waals surface area (Å²) in [6.07, 6.45) is 0. The van der Waals surface area contributed by atoms with Crippen molar-refractivity contribution in [2.24, 2.45) is 0 Å². The molecule has 0 aliphatic rings. The van der Waals surface area contributed by atoms with Crippen LogP contribution in [0.5, 0.6) is 0 Å². The smallest absolute Gasteiger partial charge is 0.0684 e. The van der Waals surface area contributed by atoms with Crippen molar-refractivity contribution in [1.82, 2.24) is 0 Å². The van der Waals surface area contributed by atoms with Crippen LogP contribution in [0.3, 0.4) is 0 Å². The zero-order valence-electron chi connectivity index (χ0n) is 7.31. The summed E-state index contributed by atoms with van der Waals surface area (Å²) in [4.78, 5) is 0. The number of aryl methyl sites for hydroxylation is 2. The van der Waals surface area contributed by atoms with Crippen molar-refractivity contribution in [1.29, 1.82) is 0 Å². The highest BCUT2D eigenvalue weighted by molar-refractivity contribution is 5.36. The Morgan fingerprint density at radius 2 is 1.82 bits per heavy atom. The van der Waals surface area contributed by atoms with Crippen molar-refractivity contribution in [3.8, 4) is 0 Å². The second-order valence-corrected chi connectivity index (χ2v) is 3.02. The summed E-state index contributed by atoms with van der Waals surface area (Å²) in [5.74, 6) is 0. The van der Waals surface area contributed by atoms with Crippen LogP contribution in [0.1, 0.15) is 22.3 Å². The van der Waals surface area contributed by atoms with Gasteiger partial charge < -0.3 is 5.11 Å². The van der Waals surface area contributed by atoms with Gasteiger partial charge in [0.25, 0.3) is 0 Å². The minimum absolute atomic E-state index is 0.147. The maximum Gasteiger partial charge on any atom is 0.0684 e. The largest absolute Gasteiger partial charge is 0.392 e. The first-order valence-electron chi connectivity index (χ1n) is 3.82. The van der Waals surface area contributed by atoms with Crippen molar-refractivity contribution >= 4 is 0 Å². The van der Waals surface area contributed by atoms with E-state index in [0.29, 0.717) is 0 Å². The molecule has 1 heteroatoms. The number of aliphatic hydroxyl groups excluding tert-OH is 1. The van der Waals surface area contributed by atoms with E-state index in [2.05, 4.69) is 13.0 Å². The van der Waals surface area contributed by atoms with E-state index in [4.69, 9.17) is 5.11 Å². The Bertz CT molecular complexity index is 264. The van der Waals surface area contributed by atoms with Gasteiger partial charge in [0.05, 0.1) is 6.61 Å². The second-order valence-electron chi connectivity index (χ2n) is 3.02. The highest BCUT2D eigenvalue weighted by atomic mass is 16.3. The molecule has 60 valence electrons. The van der Waals surface area contributed by atoms with Crippen LogP contribution in [-0.2, 0) is 6.61 Å². The third-order valence-electron chi connectivity index (χ3n) is 2.09. The van der Waals surface area contributed by atoms with Crippen molar-refractivity contribution in [2.75, 3.05) is 0 Å². The molecule has 1 aromatic rings. The van der Waals surface area contributed by atoms with Crippen LogP contribution < -0.4 is 0 Å². The quantitative estimate of drug-likeness (QED) is 0.650. The van der Waals surface area contributed by atoms with Gasteiger partial charge in [0.15, 0.2) is 0 Å². The normalized spacial score (nSPS) is 10.2. The summed E-state index contributed by atoms with van der Waals surface area (Å²) >= 11 is 0. The number of hydrogen-bond acceptors (Lipinski definition) is 1. The summed E-state index contributed by atoms with van der Waals surface area (Å²) in [5.41, 5.74) is 4.73. The molecule has 0 aliphatic heterocycles. The number of hydrogen-bond donors (Lipinski definition) is 1. The molecular weight excluding hydrogens is 136 g/mol. The molecule has 0 amide bonds. The Balaban J connectivity index is 3.24. The maximum atomic E-state index is 8.97. The van der Waals surface area contributed by atoms with E-state index in [0.717, 1.165) is 5.56 Å². The molecule has 0 aliphatic carbocycles. The lowest BCUT2D eigenvalue weighted by atomic mass is 10.0. The molecule has 0 fully saturated rings. The Kier molecular flexibility index (Phi) is 2.30. The molecule has 0 aromatic heterocycles. The average Bonchev–Trinajstić information content (AvgIpc) is 1.96. The standard InChI is InChI=1S/C10H14O/c1-7-4-8(2)9(3)10(5-7)6-11/h4-5,11H,6H2,1-3H3. The second kappa shape index (κ2) is 3.05. The molecule has 1 N–H and O–H groups in total. The Morgan fingerprint density at radius 1 is 1.18 bits per heavy atom. The lowest BCUT2D eigenvalue weighted by molar-refractivity contribution is 0.281. The molecule has 11 heavy (non-hydrogen) atoms. The highest BCUT2D eigenvalue weighted by Gasteiger charge is 1.99. The summed E-state index contributed by atoms with van der Waals surface area (Å²) in [7, 11) is 0. The van der Waals surface area contributed by atoms with Gasteiger partial charge >= 0.3 is 0 Å². The maximum absolute atomic E-state index is 8.97. The van der Waals surface area contributed by atoms with Gasteiger partial charge in [0.1, 0.15) is 0 Å². The van der Waals surface area contributed by atoms with E-state index in [9.17, 15) is 0 Å². The fourth-order valence-electron chi connectivity index (χ4n) is 1.29. The van der Waals surface area contributed by atoms with Crippen molar-refractivity contribution in [2.45, 2.75) is 27.4 Å². The molecular formula is C10H14O. The summed E-state index contributed by atoms with van der Waals surface area (Å²) < 4.78 is 0. The van der Waals surface area contributed by atoms with E-state index in [1.54, 1.807) is 0 Å². The van der Waals surface area contributed by atoms with Gasteiger partial charge in [0, 0.05) is 0 Å². The molecule has 0 bridgehead atoms. The zero-order valence-corrected chi connectivity index (χ0v) is 7.31. The lowest BCUT2D eigenvalue weighted by Gasteiger charge is -2.07. The fourth-order valence-corrected chi connectivity index (χ4v) is 1.29. The van der Waals surface area contributed by atoms with Crippen LogP contribution >= 0.6 is 0 Å². The average molecular weight is 150 g/mol. The minimum atomic E-state index is 0.147. The fraction of sp³-hybridized carbons (Fsp3) is 0.400. The monoisotopic (exact) mass is 150 g/mol. The van der Waals surface area contributed by atoms with Gasteiger partial charge in [-0.3, -0.25) is 0 Å². The van der Waals surface area contributed by atoms with Crippen LogP contribution in [0, 0.1) is 20.8 Å². The van der Waals surface area contributed by atoms with Gasteiger partial charge in [-0.15, -0.1) is 0 Å². The third kappa shape index (κ3) is 1.60. The molecule has 0 saturated carbocycles. The minimum Gasteiger partial charge on any atom is -0.392 e. The topological polar surface area (TPSA) is 20.2 Å². The SMILES string of the molecule is Cc1cc(C)c(C)c(CO)c1. The molecule has 1 nitrogen and oxygen atoms in total. The van der Waals surface area contributed by atoms with Gasteiger partial charge in [0.2, 0.25) is 0 Å². The molecule has 0 heterocycles. The summed E-state index contributed by atoms with van der Waals surface area (Å²) in [6.45, 7) is 6.31. The molecule has 0 saturated heterocycles. The Morgan fingerprint density at radius 3 is 2.36 bits per heavy atom. The van der Waals surface area contributed by atoms with E-state index in [1.165, 1.54) is 16.7 Å². The van der Waals surface area contributed by atoms with Crippen molar-refractivity contribution in [3.63, 3.8) is 0 Å².